The number of carbonyl (C=O) groups is 2. The van der Waals surface area contributed by atoms with E-state index in [1.807, 2.05) is 20.8 Å². The lowest BCUT2D eigenvalue weighted by atomic mass is 9.77. The fourth-order valence-corrected chi connectivity index (χ4v) is 16.3. The van der Waals surface area contributed by atoms with Gasteiger partial charge in [0.15, 0.2) is 11.6 Å². The topological polar surface area (TPSA) is 235 Å². The van der Waals surface area contributed by atoms with Crippen molar-refractivity contribution in [2.24, 2.45) is 23.7 Å². The molecule has 0 saturated carbocycles. The molecule has 12 aliphatic rings. The summed E-state index contributed by atoms with van der Waals surface area (Å²) in [5.74, 6) is -3.27. The molecule has 12 fully saturated rings. The number of ketones is 1. The van der Waals surface area contributed by atoms with Crippen molar-refractivity contribution in [3.05, 3.63) is 24.3 Å². The number of methoxy groups -OCH3 is 1. The van der Waals surface area contributed by atoms with Gasteiger partial charge in [0, 0.05) is 77.2 Å². The zero-order valence-electron chi connectivity index (χ0n) is 46.4. The molecule has 0 amide bonds. The lowest BCUT2D eigenvalue weighted by molar-refractivity contribution is -0.375. The number of aliphatic hydroxyl groups excluding tert-OH is 4. The van der Waals surface area contributed by atoms with E-state index in [9.17, 15) is 30.0 Å². The van der Waals surface area contributed by atoms with Crippen LogP contribution in [0.25, 0.3) is 0 Å². The Bertz CT molecular complexity index is 2200. The van der Waals surface area contributed by atoms with Crippen molar-refractivity contribution in [1.82, 2.24) is 0 Å². The first-order chi connectivity index (χ1) is 37.4. The maximum absolute atomic E-state index is 14.5. The van der Waals surface area contributed by atoms with Crippen molar-refractivity contribution < 1.29 is 91.6 Å². The molecule has 12 heterocycles. The highest BCUT2D eigenvalue weighted by Gasteiger charge is 2.61. The molecule has 0 aromatic carbocycles. The van der Waals surface area contributed by atoms with Crippen LogP contribution in [0, 0.1) is 23.7 Å². The molecule has 0 radical (unpaired) electrons. The van der Waals surface area contributed by atoms with Crippen LogP contribution in [-0.4, -0.2) is 198 Å². The maximum Gasteiger partial charge on any atom is 0.308 e. The Kier molecular flexibility index (Phi) is 16.3. The van der Waals surface area contributed by atoms with Crippen LogP contribution < -0.4 is 0 Å². The second-order valence-corrected chi connectivity index (χ2v) is 26.1. The van der Waals surface area contributed by atoms with Crippen LogP contribution >= 0.6 is 0 Å². The molecular formula is C59H88O19. The Morgan fingerprint density at radius 2 is 1.26 bits per heavy atom. The highest BCUT2D eigenvalue weighted by Crippen LogP contribution is 2.51. The van der Waals surface area contributed by atoms with Crippen LogP contribution in [-0.2, 0) is 71.2 Å². The number of esters is 1. The average molecular weight is 1100 g/mol. The second-order valence-electron chi connectivity index (χ2n) is 26.1. The first-order valence-corrected chi connectivity index (χ1v) is 29.9. The van der Waals surface area contributed by atoms with Crippen LogP contribution in [0.15, 0.2) is 24.3 Å². The van der Waals surface area contributed by atoms with Crippen molar-refractivity contribution in [1.29, 1.82) is 0 Å². The van der Waals surface area contributed by atoms with E-state index in [1.165, 1.54) is 0 Å². The number of fused-ring (bicyclic) bond motifs is 11. The molecule has 2 spiro atoms. The minimum Gasteiger partial charge on any atom is -0.459 e. The Balaban J connectivity index is 0.752. The summed E-state index contributed by atoms with van der Waals surface area (Å²) >= 11 is 0. The zero-order chi connectivity index (χ0) is 54.5. The number of Topliss-reactive ketones (excluding diaryl/α,β-unsaturated/α-hetero) is 1. The average Bonchev–Trinajstić information content (AvgIpc) is 3.99. The lowest BCUT2D eigenvalue weighted by Gasteiger charge is -2.55. The minimum atomic E-state index is -1.11. The Hall–Kier alpha value is -2.02. The maximum atomic E-state index is 14.5. The van der Waals surface area contributed by atoms with E-state index in [2.05, 4.69) is 20.1 Å². The molecule has 78 heavy (non-hydrogen) atoms. The third-order valence-corrected chi connectivity index (χ3v) is 20.5. The molecule has 12 aliphatic heterocycles. The summed E-state index contributed by atoms with van der Waals surface area (Å²) in [5.41, 5.74) is 2.04. The Morgan fingerprint density at radius 3 is 2.06 bits per heavy atom. The number of rotatable bonds is 6. The monoisotopic (exact) mass is 1100 g/mol. The summed E-state index contributed by atoms with van der Waals surface area (Å²) in [6.07, 6.45) is -3.28. The highest BCUT2D eigenvalue weighted by molar-refractivity contribution is 5.79. The molecule has 0 aromatic rings. The summed E-state index contributed by atoms with van der Waals surface area (Å²) in [7, 11) is 1.72. The van der Waals surface area contributed by atoms with Gasteiger partial charge in [-0.25, -0.2) is 0 Å². The Morgan fingerprint density at radius 1 is 0.590 bits per heavy atom. The van der Waals surface area contributed by atoms with Crippen molar-refractivity contribution in [3.63, 3.8) is 0 Å². The van der Waals surface area contributed by atoms with E-state index in [1.54, 1.807) is 7.11 Å². The van der Waals surface area contributed by atoms with Crippen LogP contribution in [0.2, 0.25) is 0 Å². The van der Waals surface area contributed by atoms with E-state index >= 15 is 0 Å². The van der Waals surface area contributed by atoms with Crippen LogP contribution in [0.3, 0.4) is 0 Å². The quantitative estimate of drug-likeness (QED) is 0.210. The smallest absolute Gasteiger partial charge is 0.308 e. The fraction of sp³-hybridized carbons (Fsp3) is 0.898. The minimum absolute atomic E-state index is 0.00598. The van der Waals surface area contributed by atoms with E-state index in [4.69, 9.17) is 61.6 Å². The summed E-state index contributed by atoms with van der Waals surface area (Å²) in [6.45, 7) is 16.8. The predicted octanol–water partition coefficient (Wildman–Crippen LogP) is 4.61. The van der Waals surface area contributed by atoms with Gasteiger partial charge in [0.05, 0.1) is 129 Å². The molecule has 12 rings (SSSR count). The molecule has 4 N–H and O–H groups in total. The van der Waals surface area contributed by atoms with Gasteiger partial charge in [-0.2, -0.15) is 0 Å². The SMILES string of the molecule is C=C1C[C@@H]2CC[C@]34C[C@@H](OC)C(O3)[C@H]3CC(O4)[C@H]4O[C@H](CC[C@@H]4O3)CC(=O)O[C@@H]3[C@@H](C)[C@@H]4O[C@H](CC(=O)C[C@@H]5O[C@@]6(C[C@H](C)[C@@H]5O)C[C@H](C)[C@@H]5O[C@H](CO)[C@H](O)C[C@@H]5O6)[C@H](O)C[C@@H]4O[C@H]3C[C@H]3O[C@@H](CC[C@@H]1O2)C[C@@H](C)C3=C. The summed E-state index contributed by atoms with van der Waals surface area (Å²) in [5, 5.41) is 43.7. The van der Waals surface area contributed by atoms with E-state index in [0.29, 0.717) is 51.4 Å². The summed E-state index contributed by atoms with van der Waals surface area (Å²) in [4.78, 5) is 28.6. The molecule has 0 aliphatic carbocycles. The van der Waals surface area contributed by atoms with E-state index in [0.717, 1.165) is 43.3 Å². The number of ether oxygens (including phenoxy) is 13. The number of aliphatic hydroxyl groups is 4. The number of carbonyl (C=O) groups excluding carboxylic acids is 2. The summed E-state index contributed by atoms with van der Waals surface area (Å²) < 4.78 is 86.8. The first-order valence-electron chi connectivity index (χ1n) is 29.9. The summed E-state index contributed by atoms with van der Waals surface area (Å²) in [6, 6.07) is 0. The van der Waals surface area contributed by atoms with E-state index in [-0.39, 0.29) is 117 Å². The van der Waals surface area contributed by atoms with Crippen LogP contribution in [0.4, 0.5) is 0 Å². The van der Waals surface area contributed by atoms with Crippen molar-refractivity contribution >= 4 is 11.8 Å². The molecule has 29 atom stereocenters. The molecule has 438 valence electrons. The third kappa shape index (κ3) is 11.0. The molecule has 2 unspecified atom stereocenters. The van der Waals surface area contributed by atoms with Gasteiger partial charge in [-0.15, -0.1) is 0 Å². The Labute approximate surface area is 458 Å². The van der Waals surface area contributed by atoms with Gasteiger partial charge in [-0.1, -0.05) is 40.9 Å². The second kappa shape index (κ2) is 22.5. The molecule has 12 saturated heterocycles. The number of hydrogen-bond donors (Lipinski definition) is 4. The fourth-order valence-electron chi connectivity index (χ4n) is 16.3. The van der Waals surface area contributed by atoms with Gasteiger partial charge in [-0.3, -0.25) is 9.59 Å². The largest absolute Gasteiger partial charge is 0.459 e. The van der Waals surface area contributed by atoms with Crippen molar-refractivity contribution in [2.75, 3.05) is 13.7 Å². The van der Waals surface area contributed by atoms with Crippen molar-refractivity contribution in [2.45, 2.75) is 295 Å². The molecular weight excluding hydrogens is 1010 g/mol. The standard InChI is InChI=1S/C59H88O19/c1-27-14-34-8-10-39-28(2)15-36(67-39)12-13-58-25-49(66-7)57(78-58)46-22-48(76-58)56-40(70-46)11-9-35(69-56)18-51(64)74-55-32(6)54-44(71-45(55)21-41(68-34)31(27)5)19-37(62)42(72-54)16-33(61)17-43-52(65)29(3)23-59(75-43)24-30(4)53-47(77-59)20-38(63)50(26-60)73-53/h27,29-30,32,34-50,52-57,60,62-63,65H,2,5,8-26H2,1,3-4,6-7H3/t27-,29+,30+,32+,34+,35-,36+,37-,38-,39+,40+,41-,42-,43+,44+,45+,46-,47+,48?,49-,50-,52+,53+,54+,55-,56+,57?,58-,59-/m1/s1. The first kappa shape index (κ1) is 56.5. The van der Waals surface area contributed by atoms with Crippen LogP contribution in [0.5, 0.6) is 0 Å². The molecule has 19 heteroatoms. The van der Waals surface area contributed by atoms with Gasteiger partial charge in [0.25, 0.3) is 0 Å². The lowest BCUT2D eigenvalue weighted by Crippen LogP contribution is -2.63. The van der Waals surface area contributed by atoms with Gasteiger partial charge in [0.2, 0.25) is 0 Å². The van der Waals surface area contributed by atoms with Crippen LogP contribution in [0.1, 0.15) is 143 Å². The molecule has 10 bridgehead atoms. The van der Waals surface area contributed by atoms with Gasteiger partial charge < -0.3 is 82.0 Å². The van der Waals surface area contributed by atoms with Crippen molar-refractivity contribution in [3.8, 4) is 0 Å². The van der Waals surface area contributed by atoms with Gasteiger partial charge >= 0.3 is 5.97 Å². The van der Waals surface area contributed by atoms with Gasteiger partial charge in [0.1, 0.15) is 30.2 Å². The predicted molar refractivity (Wildman–Crippen MR) is 274 cm³/mol. The molecule has 0 aromatic heterocycles. The molecule has 19 nitrogen and oxygen atoms in total. The third-order valence-electron chi connectivity index (χ3n) is 20.5. The normalized spacial score (nSPS) is 53.5. The zero-order valence-corrected chi connectivity index (χ0v) is 46.4. The number of hydrogen-bond acceptors (Lipinski definition) is 19. The van der Waals surface area contributed by atoms with E-state index < -0.39 is 109 Å². The highest BCUT2D eigenvalue weighted by atomic mass is 16.7. The van der Waals surface area contributed by atoms with Gasteiger partial charge in [-0.05, 0) is 73.8 Å².